The number of fused-ring (bicyclic) bond motifs is 1. The molecule has 0 unspecified atom stereocenters. The molecule has 2 aromatic heterocycles. The van der Waals surface area contributed by atoms with Crippen LogP contribution in [0.2, 0.25) is 10.0 Å². The molecule has 7 heteroatoms. The van der Waals surface area contributed by atoms with E-state index in [4.69, 9.17) is 32.0 Å². The summed E-state index contributed by atoms with van der Waals surface area (Å²) < 4.78 is 11.6. The molecule has 0 saturated heterocycles. The Morgan fingerprint density at radius 3 is 2.56 bits per heavy atom. The molecular weight excluding hydrogens is 471 g/mol. The van der Waals surface area contributed by atoms with E-state index in [1.807, 2.05) is 37.3 Å². The summed E-state index contributed by atoms with van der Waals surface area (Å²) in [5.74, 6) is 1.37. The molecule has 34 heavy (non-hydrogen) atoms. The lowest BCUT2D eigenvalue weighted by molar-refractivity contribution is -0.111. The van der Waals surface area contributed by atoms with Crippen LogP contribution in [0.5, 0.6) is 0 Å². The summed E-state index contributed by atoms with van der Waals surface area (Å²) in [5.41, 5.74) is 4.87. The molecule has 0 atom stereocenters. The van der Waals surface area contributed by atoms with Crippen molar-refractivity contribution < 1.29 is 13.6 Å². The molecule has 5 rings (SSSR count). The predicted molar refractivity (Wildman–Crippen MR) is 136 cm³/mol. The van der Waals surface area contributed by atoms with Gasteiger partial charge in [-0.15, -0.1) is 0 Å². The Morgan fingerprint density at radius 1 is 0.941 bits per heavy atom. The van der Waals surface area contributed by atoms with Crippen LogP contribution in [-0.4, -0.2) is 10.9 Å². The van der Waals surface area contributed by atoms with E-state index in [1.54, 1.807) is 48.5 Å². The van der Waals surface area contributed by atoms with Gasteiger partial charge in [0.2, 0.25) is 11.8 Å². The maximum absolute atomic E-state index is 12.4. The fraction of sp³-hybridized carbons (Fsp3) is 0.0370. The van der Waals surface area contributed by atoms with Crippen molar-refractivity contribution in [2.45, 2.75) is 6.92 Å². The molecule has 1 N–H and O–H groups in total. The Morgan fingerprint density at radius 2 is 1.76 bits per heavy atom. The van der Waals surface area contributed by atoms with E-state index in [0.717, 1.165) is 27.8 Å². The van der Waals surface area contributed by atoms with E-state index in [0.29, 0.717) is 33.1 Å². The Balaban J connectivity index is 1.24. The third kappa shape index (κ3) is 4.76. The SMILES string of the molecule is Cc1ccc2nc(-c3ccc(NC(=O)C=Cc4ccc(-c5ccc(Cl)cc5Cl)o4)cc3)oc2c1. The second kappa shape index (κ2) is 9.21. The maximum Gasteiger partial charge on any atom is 0.248 e. The van der Waals surface area contributed by atoms with E-state index >= 15 is 0 Å². The van der Waals surface area contributed by atoms with E-state index in [-0.39, 0.29) is 5.91 Å². The highest BCUT2D eigenvalue weighted by atomic mass is 35.5. The number of nitrogens with one attached hydrogen (secondary N) is 1. The van der Waals surface area contributed by atoms with Crippen molar-refractivity contribution in [1.82, 2.24) is 4.98 Å². The van der Waals surface area contributed by atoms with Gasteiger partial charge in [0.1, 0.15) is 17.0 Å². The summed E-state index contributed by atoms with van der Waals surface area (Å²) in [6.07, 6.45) is 3.00. The standard InChI is InChI=1S/C27H18Cl2N2O3/c1-16-2-11-23-25(14-16)34-27(31-23)17-3-6-19(7-4-17)30-26(32)13-9-20-8-12-24(33-20)21-10-5-18(28)15-22(21)29/h2-15H,1H3,(H,30,32). The highest BCUT2D eigenvalue weighted by Gasteiger charge is 2.10. The molecule has 5 nitrogen and oxygen atoms in total. The number of benzene rings is 3. The maximum atomic E-state index is 12.4. The van der Waals surface area contributed by atoms with Crippen LogP contribution in [0.1, 0.15) is 11.3 Å². The van der Waals surface area contributed by atoms with Gasteiger partial charge in [-0.2, -0.15) is 0 Å². The summed E-state index contributed by atoms with van der Waals surface area (Å²) in [7, 11) is 0. The third-order valence-electron chi connectivity index (χ3n) is 5.17. The average molecular weight is 489 g/mol. The number of anilines is 1. The topological polar surface area (TPSA) is 68.3 Å². The van der Waals surface area contributed by atoms with Crippen molar-refractivity contribution in [1.29, 1.82) is 0 Å². The molecule has 0 radical (unpaired) electrons. The average Bonchev–Trinajstić information content (AvgIpc) is 3.45. The second-order valence-electron chi connectivity index (χ2n) is 7.72. The van der Waals surface area contributed by atoms with Gasteiger partial charge in [0.05, 0.1) is 5.02 Å². The first kappa shape index (κ1) is 22.0. The zero-order chi connectivity index (χ0) is 23.7. The summed E-state index contributed by atoms with van der Waals surface area (Å²) in [6, 6.07) is 21.9. The van der Waals surface area contributed by atoms with Crippen LogP contribution < -0.4 is 5.32 Å². The summed E-state index contributed by atoms with van der Waals surface area (Å²) in [6.45, 7) is 2.01. The van der Waals surface area contributed by atoms with Crippen LogP contribution in [0, 0.1) is 6.92 Å². The van der Waals surface area contributed by atoms with Crippen LogP contribution in [0.4, 0.5) is 5.69 Å². The van der Waals surface area contributed by atoms with Crippen LogP contribution in [0.15, 0.2) is 87.7 Å². The third-order valence-corrected chi connectivity index (χ3v) is 5.71. The first-order valence-corrected chi connectivity index (χ1v) is 11.2. The van der Waals surface area contributed by atoms with Gasteiger partial charge in [-0.25, -0.2) is 4.98 Å². The van der Waals surface area contributed by atoms with Gasteiger partial charge in [-0.3, -0.25) is 4.79 Å². The fourth-order valence-corrected chi connectivity index (χ4v) is 3.97. The first-order valence-electron chi connectivity index (χ1n) is 10.5. The summed E-state index contributed by atoms with van der Waals surface area (Å²) >= 11 is 12.2. The van der Waals surface area contributed by atoms with Gasteiger partial charge in [0, 0.05) is 27.9 Å². The predicted octanol–water partition coefficient (Wildman–Crippen LogP) is 8.02. The molecule has 2 heterocycles. The Kier molecular flexibility index (Phi) is 5.97. The molecule has 5 aromatic rings. The highest BCUT2D eigenvalue weighted by Crippen LogP contribution is 2.32. The molecule has 0 aliphatic carbocycles. The van der Waals surface area contributed by atoms with Gasteiger partial charge < -0.3 is 14.2 Å². The van der Waals surface area contributed by atoms with Gasteiger partial charge in [-0.05, 0) is 85.3 Å². The number of hydrogen-bond donors (Lipinski definition) is 1. The normalized spacial score (nSPS) is 11.4. The molecule has 0 spiro atoms. The van der Waals surface area contributed by atoms with Crippen LogP contribution in [0.25, 0.3) is 40.0 Å². The van der Waals surface area contributed by atoms with Crippen molar-refractivity contribution in [3.05, 3.63) is 100 Å². The molecule has 0 aliphatic heterocycles. The largest absolute Gasteiger partial charge is 0.457 e. The van der Waals surface area contributed by atoms with E-state index < -0.39 is 0 Å². The quantitative estimate of drug-likeness (QED) is 0.254. The van der Waals surface area contributed by atoms with Crippen molar-refractivity contribution >= 4 is 52.0 Å². The molecule has 0 aliphatic rings. The minimum atomic E-state index is -0.285. The Labute approximate surface area is 205 Å². The van der Waals surface area contributed by atoms with Crippen LogP contribution >= 0.6 is 23.2 Å². The highest BCUT2D eigenvalue weighted by molar-refractivity contribution is 6.36. The monoisotopic (exact) mass is 488 g/mol. The van der Waals surface area contributed by atoms with E-state index in [9.17, 15) is 4.79 Å². The van der Waals surface area contributed by atoms with Gasteiger partial charge in [-0.1, -0.05) is 29.3 Å². The lowest BCUT2D eigenvalue weighted by atomic mass is 10.2. The van der Waals surface area contributed by atoms with E-state index in [2.05, 4.69) is 10.3 Å². The number of carbonyl (C=O) groups excluding carboxylic acids is 1. The first-order chi connectivity index (χ1) is 16.4. The number of furan rings is 1. The van der Waals surface area contributed by atoms with Gasteiger partial charge >= 0.3 is 0 Å². The van der Waals surface area contributed by atoms with Gasteiger partial charge in [0.25, 0.3) is 0 Å². The number of amides is 1. The fourth-order valence-electron chi connectivity index (χ4n) is 3.47. The number of carbonyl (C=O) groups is 1. The zero-order valence-electron chi connectivity index (χ0n) is 18.0. The van der Waals surface area contributed by atoms with E-state index in [1.165, 1.54) is 6.08 Å². The summed E-state index contributed by atoms with van der Waals surface area (Å²) in [4.78, 5) is 16.9. The molecular formula is C27H18Cl2N2O3. The number of rotatable bonds is 5. The summed E-state index contributed by atoms with van der Waals surface area (Å²) in [5, 5.41) is 3.87. The molecule has 0 saturated carbocycles. The van der Waals surface area contributed by atoms with Gasteiger partial charge in [0.15, 0.2) is 5.58 Å². The molecule has 1 amide bonds. The number of oxazole rings is 1. The Bertz CT molecular complexity index is 1530. The van der Waals surface area contributed by atoms with Crippen molar-refractivity contribution in [2.75, 3.05) is 5.32 Å². The number of nitrogens with zero attached hydrogens (tertiary/aromatic N) is 1. The smallest absolute Gasteiger partial charge is 0.248 e. The van der Waals surface area contributed by atoms with Crippen LogP contribution in [-0.2, 0) is 4.79 Å². The molecule has 0 fully saturated rings. The minimum Gasteiger partial charge on any atom is -0.457 e. The van der Waals surface area contributed by atoms with Crippen molar-refractivity contribution in [2.24, 2.45) is 0 Å². The Hall–Kier alpha value is -3.80. The van der Waals surface area contributed by atoms with Crippen molar-refractivity contribution in [3.63, 3.8) is 0 Å². The van der Waals surface area contributed by atoms with Crippen molar-refractivity contribution in [3.8, 4) is 22.8 Å². The zero-order valence-corrected chi connectivity index (χ0v) is 19.5. The number of aromatic nitrogens is 1. The second-order valence-corrected chi connectivity index (χ2v) is 8.56. The number of hydrogen-bond acceptors (Lipinski definition) is 4. The molecule has 3 aromatic carbocycles. The number of aryl methyl sites for hydroxylation is 1. The lowest BCUT2D eigenvalue weighted by Gasteiger charge is -2.03. The molecule has 0 bridgehead atoms. The lowest BCUT2D eigenvalue weighted by Crippen LogP contribution is -2.07. The minimum absolute atomic E-state index is 0.285. The molecule has 168 valence electrons. The number of halogens is 2. The van der Waals surface area contributed by atoms with Crippen LogP contribution in [0.3, 0.4) is 0 Å².